The second-order valence-electron chi connectivity index (χ2n) is 12.8. The van der Waals surface area contributed by atoms with Crippen LogP contribution in [0.3, 0.4) is 0 Å². The van der Waals surface area contributed by atoms with E-state index in [4.69, 9.17) is 9.84 Å². The summed E-state index contributed by atoms with van der Waals surface area (Å²) in [7, 11) is 0. The van der Waals surface area contributed by atoms with Crippen molar-refractivity contribution in [2.24, 2.45) is 40.9 Å². The lowest BCUT2D eigenvalue weighted by Gasteiger charge is -2.57. The fourth-order valence-corrected chi connectivity index (χ4v) is 9.51. The SMILES string of the molecule is C[C@@]1(O)CC[C@H]2C(CC[C@@H]3[C@@H]2CC[C@]2(C)[C@@H](C4O[C@@H]4Cn4cc5cnccc5n4)CC[C@@H]32)C1. The summed E-state index contributed by atoms with van der Waals surface area (Å²) in [5.41, 5.74) is 1.06. The summed E-state index contributed by atoms with van der Waals surface area (Å²) >= 11 is 0. The van der Waals surface area contributed by atoms with Gasteiger partial charge in [0.2, 0.25) is 0 Å². The number of epoxide rings is 1. The molecule has 2 aromatic heterocycles. The van der Waals surface area contributed by atoms with Crippen molar-refractivity contribution in [3.63, 3.8) is 0 Å². The zero-order valence-corrected chi connectivity index (χ0v) is 20.2. The lowest BCUT2D eigenvalue weighted by atomic mass is 9.49. The van der Waals surface area contributed by atoms with E-state index in [1.165, 1.54) is 44.9 Å². The van der Waals surface area contributed by atoms with Crippen LogP contribution < -0.4 is 0 Å². The Balaban J connectivity index is 1.04. The Morgan fingerprint density at radius 1 is 1.03 bits per heavy atom. The first-order valence-electron chi connectivity index (χ1n) is 13.6. The van der Waals surface area contributed by atoms with Gasteiger partial charge < -0.3 is 9.84 Å². The van der Waals surface area contributed by atoms with E-state index in [9.17, 15) is 5.11 Å². The summed E-state index contributed by atoms with van der Waals surface area (Å²) in [5.74, 6) is 5.07. The zero-order valence-electron chi connectivity index (χ0n) is 20.2. The third-order valence-electron chi connectivity index (χ3n) is 11.0. The van der Waals surface area contributed by atoms with E-state index >= 15 is 0 Å². The Labute approximate surface area is 197 Å². The molecule has 0 radical (unpaired) electrons. The molecule has 0 bridgehead atoms. The highest BCUT2D eigenvalue weighted by Crippen LogP contribution is 2.66. The maximum Gasteiger partial charge on any atom is 0.104 e. The first-order chi connectivity index (χ1) is 15.9. The smallest absolute Gasteiger partial charge is 0.104 e. The quantitative estimate of drug-likeness (QED) is 0.653. The fraction of sp³-hybridized carbons (Fsp3) is 0.786. The summed E-state index contributed by atoms with van der Waals surface area (Å²) in [6.07, 6.45) is 18.2. The minimum absolute atomic E-state index is 0.321. The molecule has 0 amide bonds. The minimum atomic E-state index is -0.412. The second-order valence-corrected chi connectivity index (χ2v) is 12.8. The Morgan fingerprint density at radius 2 is 1.88 bits per heavy atom. The number of rotatable bonds is 3. The van der Waals surface area contributed by atoms with Crippen molar-refractivity contribution in [1.29, 1.82) is 0 Å². The van der Waals surface area contributed by atoms with Gasteiger partial charge in [0.25, 0.3) is 0 Å². The summed E-state index contributed by atoms with van der Waals surface area (Å²) in [6.45, 7) is 5.56. The van der Waals surface area contributed by atoms with E-state index in [2.05, 4.69) is 29.7 Å². The number of hydrogen-bond acceptors (Lipinski definition) is 4. The average Bonchev–Trinajstić information content (AvgIpc) is 3.24. The maximum atomic E-state index is 10.7. The van der Waals surface area contributed by atoms with Crippen molar-refractivity contribution in [3.05, 3.63) is 24.7 Å². The number of ether oxygens (including phenoxy) is 1. The number of aromatic nitrogens is 3. The van der Waals surface area contributed by atoms with Crippen LogP contribution in [0, 0.1) is 40.9 Å². The molecule has 5 aliphatic rings. The monoisotopic (exact) mass is 449 g/mol. The topological polar surface area (TPSA) is 63.5 Å². The molecular weight excluding hydrogens is 410 g/mol. The van der Waals surface area contributed by atoms with Gasteiger partial charge in [0, 0.05) is 24.0 Å². The van der Waals surface area contributed by atoms with E-state index in [0.29, 0.717) is 23.5 Å². The van der Waals surface area contributed by atoms with Crippen molar-refractivity contribution in [1.82, 2.24) is 14.8 Å². The minimum Gasteiger partial charge on any atom is -0.390 e. The highest BCUT2D eigenvalue weighted by molar-refractivity contribution is 5.76. The highest BCUT2D eigenvalue weighted by atomic mass is 16.6. The van der Waals surface area contributed by atoms with Crippen molar-refractivity contribution in [2.45, 2.75) is 96.0 Å². The number of pyridine rings is 1. The van der Waals surface area contributed by atoms with E-state index in [1.54, 1.807) is 0 Å². The van der Waals surface area contributed by atoms with E-state index in [-0.39, 0.29) is 0 Å². The molecule has 1 saturated heterocycles. The average molecular weight is 450 g/mol. The maximum absolute atomic E-state index is 10.7. The standard InChI is InChI=1S/C28H39N3O2/c1-27(32)10-7-19-17(13-27)3-4-21-20(19)8-11-28(2)22(21)5-6-23(28)26-25(33-26)16-31-15-18-14-29-12-9-24(18)30-31/h9,12,14-15,17,19-23,25-26,32H,3-8,10-11,13,16H2,1-2H3/t17?,19-,20+,21+,22-,23+,25+,26?,27+,28-/m0/s1. The number of nitrogens with zero attached hydrogens (tertiary/aromatic N) is 3. The Bertz CT molecular complexity index is 1020. The molecule has 5 nitrogen and oxygen atoms in total. The molecule has 0 spiro atoms. The first kappa shape index (κ1) is 20.9. The van der Waals surface area contributed by atoms with Crippen LogP contribution in [0.1, 0.15) is 71.6 Å². The van der Waals surface area contributed by atoms with Crippen molar-refractivity contribution in [2.75, 3.05) is 0 Å². The van der Waals surface area contributed by atoms with Crippen LogP contribution in [0.25, 0.3) is 10.9 Å². The molecule has 1 aliphatic heterocycles. The van der Waals surface area contributed by atoms with Gasteiger partial charge in [0.05, 0.1) is 23.8 Å². The molecule has 10 atom stereocenters. The van der Waals surface area contributed by atoms with E-state index < -0.39 is 5.60 Å². The molecule has 4 aliphatic carbocycles. The van der Waals surface area contributed by atoms with Crippen LogP contribution in [0.4, 0.5) is 0 Å². The van der Waals surface area contributed by atoms with E-state index in [1.807, 2.05) is 18.5 Å². The lowest BCUT2D eigenvalue weighted by molar-refractivity contribution is -0.101. The summed E-state index contributed by atoms with van der Waals surface area (Å²) in [5, 5.41) is 16.5. The van der Waals surface area contributed by atoms with Gasteiger partial charge in [-0.05, 0) is 112 Å². The molecule has 2 aromatic rings. The van der Waals surface area contributed by atoms with Crippen molar-refractivity contribution < 1.29 is 9.84 Å². The fourth-order valence-electron chi connectivity index (χ4n) is 9.51. The molecule has 0 aromatic carbocycles. The van der Waals surface area contributed by atoms with Crippen LogP contribution in [-0.2, 0) is 11.3 Å². The lowest BCUT2D eigenvalue weighted by Crippen LogP contribution is -2.50. The van der Waals surface area contributed by atoms with Crippen molar-refractivity contribution in [3.8, 4) is 0 Å². The summed E-state index contributed by atoms with van der Waals surface area (Å²) < 4.78 is 8.43. The van der Waals surface area contributed by atoms with Gasteiger partial charge in [-0.25, -0.2) is 0 Å². The van der Waals surface area contributed by atoms with Crippen LogP contribution in [0.2, 0.25) is 0 Å². The molecular formula is C28H39N3O2. The highest BCUT2D eigenvalue weighted by Gasteiger charge is 2.62. The number of hydrogen-bond donors (Lipinski definition) is 1. The first-order valence-corrected chi connectivity index (χ1v) is 13.6. The Kier molecular flexibility index (Phi) is 4.60. The Hall–Kier alpha value is -1.46. The van der Waals surface area contributed by atoms with Crippen LogP contribution in [0.15, 0.2) is 24.7 Å². The third-order valence-corrected chi connectivity index (χ3v) is 11.0. The van der Waals surface area contributed by atoms with Gasteiger partial charge in [0.15, 0.2) is 0 Å². The zero-order chi connectivity index (χ0) is 22.4. The van der Waals surface area contributed by atoms with Gasteiger partial charge >= 0.3 is 0 Å². The predicted octanol–water partition coefficient (Wildman–Crippen LogP) is 5.22. The molecule has 33 heavy (non-hydrogen) atoms. The van der Waals surface area contributed by atoms with Gasteiger partial charge in [-0.15, -0.1) is 0 Å². The number of fused-ring (bicyclic) bond motifs is 6. The number of aliphatic hydroxyl groups is 1. The largest absolute Gasteiger partial charge is 0.390 e. The Morgan fingerprint density at radius 3 is 2.76 bits per heavy atom. The van der Waals surface area contributed by atoms with Crippen molar-refractivity contribution >= 4 is 10.9 Å². The van der Waals surface area contributed by atoms with Gasteiger partial charge in [-0.1, -0.05) is 6.92 Å². The summed E-state index contributed by atoms with van der Waals surface area (Å²) in [6, 6.07) is 1.99. The third kappa shape index (κ3) is 3.32. The molecule has 2 unspecified atom stereocenters. The van der Waals surface area contributed by atoms with E-state index in [0.717, 1.165) is 59.9 Å². The molecule has 5 fully saturated rings. The van der Waals surface area contributed by atoms with Gasteiger partial charge in [-0.2, -0.15) is 5.10 Å². The van der Waals surface area contributed by atoms with Gasteiger partial charge in [-0.3, -0.25) is 9.67 Å². The van der Waals surface area contributed by atoms with Gasteiger partial charge in [0.1, 0.15) is 6.10 Å². The van der Waals surface area contributed by atoms with Crippen LogP contribution in [0.5, 0.6) is 0 Å². The second kappa shape index (κ2) is 7.27. The molecule has 7 rings (SSSR count). The molecule has 5 heteroatoms. The van der Waals surface area contributed by atoms with Crippen LogP contribution in [-0.4, -0.2) is 37.7 Å². The molecule has 178 valence electrons. The molecule has 1 N–H and O–H groups in total. The normalized spacial score (nSPS) is 48.8. The summed E-state index contributed by atoms with van der Waals surface area (Å²) in [4.78, 5) is 4.22. The predicted molar refractivity (Wildman–Crippen MR) is 127 cm³/mol. The molecule has 3 heterocycles. The van der Waals surface area contributed by atoms with Crippen LogP contribution >= 0.6 is 0 Å². The molecule has 4 saturated carbocycles.